The molecule has 0 radical (unpaired) electrons. The van der Waals surface area contributed by atoms with Gasteiger partial charge < -0.3 is 4.74 Å². The molecule has 0 saturated carbocycles. The molecule has 2 rings (SSSR count). The predicted molar refractivity (Wildman–Crippen MR) is 84.4 cm³/mol. The van der Waals surface area contributed by atoms with Crippen LogP contribution >= 0.6 is 0 Å². The summed E-state index contributed by atoms with van der Waals surface area (Å²) >= 11 is 0. The van der Waals surface area contributed by atoms with E-state index in [4.69, 9.17) is 11.2 Å². The molecule has 2 aromatic carbocycles. The van der Waals surface area contributed by atoms with Crippen LogP contribution in [-0.4, -0.2) is 6.61 Å². The van der Waals surface area contributed by atoms with E-state index >= 15 is 0 Å². The van der Waals surface area contributed by atoms with Crippen LogP contribution in [0.15, 0.2) is 48.5 Å². The summed E-state index contributed by atoms with van der Waals surface area (Å²) in [7, 11) is 0. The molecule has 1 heteroatoms. The first-order chi connectivity index (χ1) is 9.83. The van der Waals surface area contributed by atoms with Crippen LogP contribution in [0.4, 0.5) is 0 Å². The first-order valence-electron chi connectivity index (χ1n) is 7.03. The molecule has 0 spiro atoms. The largest absolute Gasteiger partial charge is 0.364 e. The van der Waals surface area contributed by atoms with Crippen molar-refractivity contribution in [1.29, 1.82) is 0 Å². The fraction of sp³-hybridized carbons (Fsp3) is 0.263. The molecule has 0 aromatic heterocycles. The number of terminal acetylenes is 1. The topological polar surface area (TPSA) is 9.23 Å². The van der Waals surface area contributed by atoms with Gasteiger partial charge in [0.1, 0.15) is 6.61 Å². The zero-order valence-corrected chi connectivity index (χ0v) is 11.9. The summed E-state index contributed by atoms with van der Waals surface area (Å²) in [6.07, 6.45) is 7.48. The Kier molecular flexibility index (Phi) is 5.41. The van der Waals surface area contributed by atoms with Crippen molar-refractivity contribution in [2.24, 2.45) is 0 Å². The number of hydrogen-bond donors (Lipinski definition) is 0. The van der Waals surface area contributed by atoms with E-state index in [9.17, 15) is 0 Å². The van der Waals surface area contributed by atoms with Crippen molar-refractivity contribution in [3.63, 3.8) is 0 Å². The van der Waals surface area contributed by atoms with Crippen LogP contribution in [0.25, 0.3) is 11.1 Å². The van der Waals surface area contributed by atoms with Gasteiger partial charge in [0.15, 0.2) is 0 Å². The third-order valence-electron chi connectivity index (χ3n) is 3.23. The summed E-state index contributed by atoms with van der Waals surface area (Å²) in [6.45, 7) is 3.13. The van der Waals surface area contributed by atoms with E-state index in [1.807, 2.05) is 0 Å². The molecule has 0 atom stereocenters. The second-order valence-corrected chi connectivity index (χ2v) is 4.84. The molecular formula is C19H20O. The molecule has 0 bridgehead atoms. The third kappa shape index (κ3) is 3.98. The standard InChI is InChI=1S/C19H20O/c1-3-5-16-6-10-18(11-7-16)19-12-8-17(9-13-19)15-20-14-4-2/h2,6-13H,3,5,14-15H2,1H3. The lowest BCUT2D eigenvalue weighted by molar-refractivity contribution is 0.153. The maximum Gasteiger partial charge on any atom is 0.107 e. The van der Waals surface area contributed by atoms with Crippen molar-refractivity contribution in [3.8, 4) is 23.5 Å². The Morgan fingerprint density at radius 1 is 0.900 bits per heavy atom. The zero-order chi connectivity index (χ0) is 14.2. The molecular weight excluding hydrogens is 244 g/mol. The first-order valence-corrected chi connectivity index (χ1v) is 7.03. The Bertz CT molecular complexity index is 558. The smallest absolute Gasteiger partial charge is 0.107 e. The van der Waals surface area contributed by atoms with Crippen LogP contribution in [0.2, 0.25) is 0 Å². The van der Waals surface area contributed by atoms with Crippen LogP contribution in [0.1, 0.15) is 24.5 Å². The molecule has 0 aliphatic carbocycles. The van der Waals surface area contributed by atoms with E-state index in [-0.39, 0.29) is 0 Å². The van der Waals surface area contributed by atoms with Crippen LogP contribution < -0.4 is 0 Å². The molecule has 0 amide bonds. The van der Waals surface area contributed by atoms with Crippen LogP contribution in [0, 0.1) is 12.3 Å². The van der Waals surface area contributed by atoms with Gasteiger partial charge in [-0.05, 0) is 28.7 Å². The summed E-state index contributed by atoms with van der Waals surface area (Å²) in [5.41, 5.74) is 5.02. The second-order valence-electron chi connectivity index (χ2n) is 4.84. The molecule has 2 aromatic rings. The minimum absolute atomic E-state index is 0.362. The van der Waals surface area contributed by atoms with Crippen LogP contribution in [0.3, 0.4) is 0 Å². The van der Waals surface area contributed by atoms with E-state index in [0.717, 1.165) is 12.0 Å². The molecule has 0 N–H and O–H groups in total. The van der Waals surface area contributed by atoms with Gasteiger partial charge in [-0.3, -0.25) is 0 Å². The van der Waals surface area contributed by atoms with Gasteiger partial charge in [-0.15, -0.1) is 6.42 Å². The summed E-state index contributed by atoms with van der Waals surface area (Å²) in [6, 6.07) is 17.2. The van der Waals surface area contributed by atoms with Gasteiger partial charge in [0, 0.05) is 0 Å². The molecule has 102 valence electrons. The number of benzene rings is 2. The molecule has 0 saturated heterocycles. The average Bonchev–Trinajstić information content (AvgIpc) is 2.49. The highest BCUT2D eigenvalue weighted by Crippen LogP contribution is 2.21. The Morgan fingerprint density at radius 3 is 1.95 bits per heavy atom. The van der Waals surface area contributed by atoms with Gasteiger partial charge in [0.2, 0.25) is 0 Å². The molecule has 0 aliphatic rings. The van der Waals surface area contributed by atoms with Crippen molar-refractivity contribution in [3.05, 3.63) is 59.7 Å². The van der Waals surface area contributed by atoms with E-state index in [2.05, 4.69) is 61.4 Å². The number of ether oxygens (including phenoxy) is 1. The highest BCUT2D eigenvalue weighted by molar-refractivity contribution is 5.63. The van der Waals surface area contributed by atoms with Crippen molar-refractivity contribution < 1.29 is 4.74 Å². The van der Waals surface area contributed by atoms with Gasteiger partial charge in [-0.1, -0.05) is 67.8 Å². The molecule has 0 aliphatic heterocycles. The lowest BCUT2D eigenvalue weighted by atomic mass is 10.0. The van der Waals surface area contributed by atoms with Crippen LogP contribution in [-0.2, 0) is 17.8 Å². The first kappa shape index (κ1) is 14.4. The highest BCUT2D eigenvalue weighted by Gasteiger charge is 1.99. The average molecular weight is 264 g/mol. The fourth-order valence-electron chi connectivity index (χ4n) is 2.17. The van der Waals surface area contributed by atoms with Gasteiger partial charge in [0.25, 0.3) is 0 Å². The SMILES string of the molecule is C#CCOCc1ccc(-c2ccc(CCC)cc2)cc1. The number of aryl methyl sites for hydroxylation is 1. The lowest BCUT2D eigenvalue weighted by Gasteiger charge is -2.06. The normalized spacial score (nSPS) is 10.2. The Hall–Kier alpha value is -2.04. The molecule has 0 heterocycles. The summed E-state index contributed by atoms with van der Waals surface area (Å²) < 4.78 is 5.32. The van der Waals surface area contributed by atoms with Gasteiger partial charge in [-0.25, -0.2) is 0 Å². The maximum absolute atomic E-state index is 5.32. The maximum atomic E-state index is 5.32. The highest BCUT2D eigenvalue weighted by atomic mass is 16.5. The zero-order valence-electron chi connectivity index (χ0n) is 11.9. The van der Waals surface area contributed by atoms with Gasteiger partial charge >= 0.3 is 0 Å². The molecule has 1 nitrogen and oxygen atoms in total. The second kappa shape index (κ2) is 7.53. The Balaban J connectivity index is 2.03. The fourth-order valence-corrected chi connectivity index (χ4v) is 2.17. The third-order valence-corrected chi connectivity index (χ3v) is 3.23. The predicted octanol–water partition coefficient (Wildman–Crippen LogP) is 4.46. The van der Waals surface area contributed by atoms with Crippen molar-refractivity contribution in [2.75, 3.05) is 6.61 Å². The lowest BCUT2D eigenvalue weighted by Crippen LogP contribution is -1.92. The van der Waals surface area contributed by atoms with Gasteiger partial charge in [0.05, 0.1) is 6.61 Å². The van der Waals surface area contributed by atoms with E-state index in [1.54, 1.807) is 0 Å². The summed E-state index contributed by atoms with van der Waals surface area (Å²) in [4.78, 5) is 0. The Morgan fingerprint density at radius 2 is 1.45 bits per heavy atom. The van der Waals surface area contributed by atoms with E-state index < -0.39 is 0 Å². The van der Waals surface area contributed by atoms with Crippen molar-refractivity contribution in [1.82, 2.24) is 0 Å². The van der Waals surface area contributed by atoms with E-state index in [0.29, 0.717) is 13.2 Å². The number of hydrogen-bond acceptors (Lipinski definition) is 1. The Labute approximate surface area is 121 Å². The van der Waals surface area contributed by atoms with E-state index in [1.165, 1.54) is 23.1 Å². The van der Waals surface area contributed by atoms with Crippen molar-refractivity contribution in [2.45, 2.75) is 26.4 Å². The van der Waals surface area contributed by atoms with Crippen LogP contribution in [0.5, 0.6) is 0 Å². The number of rotatable bonds is 6. The summed E-state index contributed by atoms with van der Waals surface area (Å²) in [5.74, 6) is 2.47. The molecule has 20 heavy (non-hydrogen) atoms. The minimum atomic E-state index is 0.362. The monoisotopic (exact) mass is 264 g/mol. The molecule has 0 unspecified atom stereocenters. The quantitative estimate of drug-likeness (QED) is 0.553. The molecule has 0 fully saturated rings. The van der Waals surface area contributed by atoms with Gasteiger partial charge in [-0.2, -0.15) is 0 Å². The summed E-state index contributed by atoms with van der Waals surface area (Å²) in [5, 5.41) is 0. The van der Waals surface area contributed by atoms with Crippen molar-refractivity contribution >= 4 is 0 Å². The minimum Gasteiger partial charge on any atom is -0.364 e.